The van der Waals surface area contributed by atoms with E-state index in [-0.39, 0.29) is 5.56 Å². The van der Waals surface area contributed by atoms with Crippen LogP contribution in [0.1, 0.15) is 36.7 Å². The van der Waals surface area contributed by atoms with E-state index in [2.05, 4.69) is 0 Å². The maximum Gasteiger partial charge on any atom is 0.454 e. The highest BCUT2D eigenvalue weighted by molar-refractivity contribution is 6.00. The largest absolute Gasteiger partial charge is 0.454 e. The fourth-order valence-electron chi connectivity index (χ4n) is 1.06. The number of alkyl halides is 3. The van der Waals surface area contributed by atoms with Crippen LogP contribution in [-0.4, -0.2) is 12.0 Å². The topological polar surface area (TPSA) is 17.1 Å². The number of rotatable bonds is 2. The summed E-state index contributed by atoms with van der Waals surface area (Å²) in [4.78, 5) is 10.7. The minimum absolute atomic E-state index is 0.310. The SMILES string of the molecule is CC.CCc1ccc(C(=O)C(F)(F)F)cc1. The smallest absolute Gasteiger partial charge is 0.284 e. The lowest BCUT2D eigenvalue weighted by atomic mass is 10.1. The van der Waals surface area contributed by atoms with Crippen LogP contribution in [0.4, 0.5) is 13.2 Å². The van der Waals surface area contributed by atoms with E-state index in [1.165, 1.54) is 24.3 Å². The Morgan fingerprint density at radius 2 is 1.56 bits per heavy atom. The molecule has 90 valence electrons. The minimum atomic E-state index is -4.78. The lowest BCUT2D eigenvalue weighted by Gasteiger charge is -2.05. The first-order valence-corrected chi connectivity index (χ1v) is 5.15. The van der Waals surface area contributed by atoms with Gasteiger partial charge in [0.15, 0.2) is 0 Å². The number of hydrogen-bond acceptors (Lipinski definition) is 1. The Morgan fingerprint density at radius 3 is 1.88 bits per heavy atom. The highest BCUT2D eigenvalue weighted by atomic mass is 19.4. The summed E-state index contributed by atoms with van der Waals surface area (Å²) in [5.41, 5.74) is 0.596. The molecule has 0 bridgehead atoms. The highest BCUT2D eigenvalue weighted by Gasteiger charge is 2.38. The molecule has 0 heterocycles. The molecule has 0 aliphatic heterocycles. The fourth-order valence-corrected chi connectivity index (χ4v) is 1.06. The molecule has 0 radical (unpaired) electrons. The van der Waals surface area contributed by atoms with Crippen molar-refractivity contribution in [2.75, 3.05) is 0 Å². The molecule has 0 atom stereocenters. The first-order valence-electron chi connectivity index (χ1n) is 5.15. The summed E-state index contributed by atoms with van der Waals surface area (Å²) in [6, 6.07) is 5.46. The van der Waals surface area contributed by atoms with Gasteiger partial charge in [-0.2, -0.15) is 13.2 Å². The molecule has 1 aromatic rings. The van der Waals surface area contributed by atoms with Crippen LogP contribution in [0.5, 0.6) is 0 Å². The first-order chi connectivity index (χ1) is 7.45. The van der Waals surface area contributed by atoms with Crippen LogP contribution in [0, 0.1) is 0 Å². The molecule has 1 rings (SSSR count). The number of ketones is 1. The number of hydrogen-bond donors (Lipinski definition) is 0. The predicted octanol–water partition coefficient (Wildman–Crippen LogP) is 4.02. The fraction of sp³-hybridized carbons (Fsp3) is 0.417. The van der Waals surface area contributed by atoms with E-state index in [1.807, 2.05) is 20.8 Å². The molecule has 0 saturated heterocycles. The number of halogens is 3. The van der Waals surface area contributed by atoms with Crippen molar-refractivity contribution < 1.29 is 18.0 Å². The number of carbonyl (C=O) groups excluding carboxylic acids is 1. The van der Waals surface area contributed by atoms with Crippen molar-refractivity contribution in [2.24, 2.45) is 0 Å². The Bertz CT molecular complexity index is 325. The van der Waals surface area contributed by atoms with Gasteiger partial charge in [0.25, 0.3) is 5.78 Å². The number of carbonyl (C=O) groups is 1. The van der Waals surface area contributed by atoms with Crippen molar-refractivity contribution in [3.05, 3.63) is 35.4 Å². The third-order valence-electron chi connectivity index (χ3n) is 1.88. The van der Waals surface area contributed by atoms with Crippen molar-refractivity contribution >= 4 is 5.78 Å². The van der Waals surface area contributed by atoms with Crippen molar-refractivity contribution in [2.45, 2.75) is 33.4 Å². The molecule has 0 amide bonds. The normalized spacial score (nSPS) is 10.4. The number of Topliss-reactive ketones (excluding diaryl/α,β-unsaturated/α-hetero) is 1. The van der Waals surface area contributed by atoms with Crippen LogP contribution in [0.3, 0.4) is 0 Å². The summed E-state index contributed by atoms with van der Waals surface area (Å²) < 4.78 is 35.9. The Kier molecular flexibility index (Phi) is 5.78. The zero-order chi connectivity index (χ0) is 12.8. The standard InChI is InChI=1S/C10H9F3O.C2H6/c1-2-7-3-5-8(6-4-7)9(14)10(11,12)13;1-2/h3-6H,2H2,1H3;1-2H3. The molecule has 0 unspecified atom stereocenters. The minimum Gasteiger partial charge on any atom is -0.284 e. The van der Waals surface area contributed by atoms with E-state index in [9.17, 15) is 18.0 Å². The van der Waals surface area contributed by atoms with Gasteiger partial charge >= 0.3 is 6.18 Å². The molecule has 0 aliphatic rings. The average molecular weight is 232 g/mol. The average Bonchev–Trinajstić information content (AvgIpc) is 2.30. The molecule has 4 heteroatoms. The van der Waals surface area contributed by atoms with Crippen LogP contribution in [0.15, 0.2) is 24.3 Å². The van der Waals surface area contributed by atoms with Crippen molar-refractivity contribution in [3.63, 3.8) is 0 Å². The second-order valence-corrected chi connectivity index (χ2v) is 2.88. The molecule has 1 nitrogen and oxygen atoms in total. The third kappa shape index (κ3) is 4.04. The van der Waals surface area contributed by atoms with Crippen LogP contribution in [0.25, 0.3) is 0 Å². The molecule has 0 spiro atoms. The van der Waals surface area contributed by atoms with Gasteiger partial charge in [0, 0.05) is 5.56 Å². The Labute approximate surface area is 93.3 Å². The van der Waals surface area contributed by atoms with Gasteiger partial charge in [-0.05, 0) is 12.0 Å². The third-order valence-corrected chi connectivity index (χ3v) is 1.88. The van der Waals surface area contributed by atoms with Gasteiger partial charge in [0.1, 0.15) is 0 Å². The van der Waals surface area contributed by atoms with Crippen LogP contribution in [-0.2, 0) is 6.42 Å². The quantitative estimate of drug-likeness (QED) is 0.704. The molecule has 1 aromatic carbocycles. The van der Waals surface area contributed by atoms with Gasteiger partial charge in [-0.25, -0.2) is 0 Å². The van der Waals surface area contributed by atoms with E-state index in [1.54, 1.807) is 0 Å². The summed E-state index contributed by atoms with van der Waals surface area (Å²) in [7, 11) is 0. The van der Waals surface area contributed by atoms with E-state index in [4.69, 9.17) is 0 Å². The molecular weight excluding hydrogens is 217 g/mol. The van der Waals surface area contributed by atoms with E-state index >= 15 is 0 Å². The summed E-state index contributed by atoms with van der Waals surface area (Å²) in [6.45, 7) is 5.89. The molecule has 0 N–H and O–H groups in total. The zero-order valence-electron chi connectivity index (χ0n) is 9.56. The van der Waals surface area contributed by atoms with Gasteiger partial charge < -0.3 is 0 Å². The molecule has 0 aliphatic carbocycles. The molecule has 0 aromatic heterocycles. The van der Waals surface area contributed by atoms with Crippen LogP contribution >= 0.6 is 0 Å². The van der Waals surface area contributed by atoms with Gasteiger partial charge in [0.05, 0.1) is 0 Å². The van der Waals surface area contributed by atoms with Crippen molar-refractivity contribution in [3.8, 4) is 0 Å². The van der Waals surface area contributed by atoms with E-state index in [0.29, 0.717) is 0 Å². The van der Waals surface area contributed by atoms with Crippen LogP contribution in [0.2, 0.25) is 0 Å². The molecule has 16 heavy (non-hydrogen) atoms. The van der Waals surface area contributed by atoms with E-state index < -0.39 is 12.0 Å². The molecule has 0 saturated carbocycles. The summed E-state index contributed by atoms with van der Waals surface area (Å²) in [6.07, 6.45) is -4.05. The second kappa shape index (κ2) is 6.30. The van der Waals surface area contributed by atoms with Gasteiger partial charge in [0.2, 0.25) is 0 Å². The summed E-state index contributed by atoms with van der Waals surface area (Å²) >= 11 is 0. The van der Waals surface area contributed by atoms with Gasteiger partial charge in [-0.15, -0.1) is 0 Å². The van der Waals surface area contributed by atoms with Crippen molar-refractivity contribution in [1.82, 2.24) is 0 Å². The highest BCUT2D eigenvalue weighted by Crippen LogP contribution is 2.21. The molecule has 0 fully saturated rings. The van der Waals surface area contributed by atoms with Crippen molar-refractivity contribution in [1.29, 1.82) is 0 Å². The van der Waals surface area contributed by atoms with Gasteiger partial charge in [-0.1, -0.05) is 45.0 Å². The lowest BCUT2D eigenvalue weighted by Crippen LogP contribution is -2.22. The van der Waals surface area contributed by atoms with Gasteiger partial charge in [-0.3, -0.25) is 4.79 Å². The number of aryl methyl sites for hydroxylation is 1. The maximum absolute atomic E-state index is 12.0. The zero-order valence-corrected chi connectivity index (χ0v) is 9.56. The molecular formula is C12H15F3O. The Hall–Kier alpha value is -1.32. The second-order valence-electron chi connectivity index (χ2n) is 2.88. The Morgan fingerprint density at radius 1 is 1.12 bits per heavy atom. The Balaban J connectivity index is 0.00000106. The summed E-state index contributed by atoms with van der Waals surface area (Å²) in [5.74, 6) is -1.79. The lowest BCUT2D eigenvalue weighted by molar-refractivity contribution is -0.0885. The monoisotopic (exact) mass is 232 g/mol. The number of benzene rings is 1. The predicted molar refractivity (Wildman–Crippen MR) is 57.6 cm³/mol. The first kappa shape index (κ1) is 14.7. The van der Waals surface area contributed by atoms with Crippen LogP contribution < -0.4 is 0 Å². The maximum atomic E-state index is 12.0. The summed E-state index contributed by atoms with van der Waals surface area (Å²) in [5, 5.41) is 0. The van der Waals surface area contributed by atoms with E-state index in [0.717, 1.165) is 12.0 Å².